The van der Waals surface area contributed by atoms with Crippen LogP contribution in [0.4, 0.5) is 0 Å². The molecule has 118 valence electrons. The van der Waals surface area contributed by atoms with E-state index >= 15 is 0 Å². The molecule has 0 aromatic heterocycles. The monoisotopic (exact) mass is 291 g/mol. The molecule has 1 N–H and O–H groups in total. The molecule has 2 rings (SSSR count). The van der Waals surface area contributed by atoms with Gasteiger partial charge in [0.1, 0.15) is 11.5 Å². The molecule has 0 aliphatic heterocycles. The van der Waals surface area contributed by atoms with Crippen LogP contribution >= 0.6 is 0 Å². The van der Waals surface area contributed by atoms with Gasteiger partial charge in [0.05, 0.1) is 14.2 Å². The lowest BCUT2D eigenvalue weighted by Crippen LogP contribution is -2.29. The third kappa shape index (κ3) is 3.70. The molecule has 0 amide bonds. The van der Waals surface area contributed by atoms with Crippen LogP contribution in [-0.4, -0.2) is 21.3 Å². The molecule has 3 nitrogen and oxygen atoms in total. The molecule has 1 aliphatic rings. The average Bonchev–Trinajstić information content (AvgIpc) is 2.56. The van der Waals surface area contributed by atoms with Gasteiger partial charge in [0.2, 0.25) is 0 Å². The van der Waals surface area contributed by atoms with E-state index in [9.17, 15) is 0 Å². The second kappa shape index (κ2) is 7.69. The highest BCUT2D eigenvalue weighted by molar-refractivity contribution is 5.42. The molecule has 21 heavy (non-hydrogen) atoms. The Hall–Kier alpha value is -1.22. The molecule has 0 bridgehead atoms. The van der Waals surface area contributed by atoms with Crippen LogP contribution < -0.4 is 14.8 Å². The Labute approximate surface area is 129 Å². The van der Waals surface area contributed by atoms with Crippen LogP contribution in [-0.2, 0) is 0 Å². The first kappa shape index (κ1) is 16.2. The maximum atomic E-state index is 5.59. The minimum absolute atomic E-state index is 0.361. The maximum Gasteiger partial charge on any atom is 0.127 e. The van der Waals surface area contributed by atoms with Gasteiger partial charge in [-0.1, -0.05) is 32.3 Å². The Kier molecular flexibility index (Phi) is 5.92. The van der Waals surface area contributed by atoms with Gasteiger partial charge in [-0.2, -0.15) is 0 Å². The summed E-state index contributed by atoms with van der Waals surface area (Å²) in [5.41, 5.74) is 1.25. The number of ether oxygens (including phenoxy) is 2. The fourth-order valence-corrected chi connectivity index (χ4v) is 3.73. The van der Waals surface area contributed by atoms with Crippen LogP contribution in [0.2, 0.25) is 0 Å². The second-order valence-electron chi connectivity index (χ2n) is 6.08. The first-order valence-corrected chi connectivity index (χ1v) is 8.12. The summed E-state index contributed by atoms with van der Waals surface area (Å²) in [6.07, 6.45) is 6.66. The van der Waals surface area contributed by atoms with E-state index in [1.807, 2.05) is 12.1 Å². The Bertz CT molecular complexity index is 447. The fourth-order valence-electron chi connectivity index (χ4n) is 3.73. The highest BCUT2D eigenvalue weighted by Crippen LogP contribution is 2.41. The number of methoxy groups -OCH3 is 2. The SMILES string of the molecule is CCC1CCCC(C(NC)c2ccc(OC)cc2OC)C1. The Morgan fingerprint density at radius 1 is 1.24 bits per heavy atom. The molecule has 0 heterocycles. The van der Waals surface area contributed by atoms with E-state index in [0.717, 1.165) is 17.4 Å². The van der Waals surface area contributed by atoms with E-state index in [-0.39, 0.29) is 0 Å². The van der Waals surface area contributed by atoms with Crippen LogP contribution in [0.1, 0.15) is 50.6 Å². The molecular formula is C18H29NO2. The van der Waals surface area contributed by atoms with E-state index < -0.39 is 0 Å². The molecule has 1 aromatic carbocycles. The van der Waals surface area contributed by atoms with Crippen molar-refractivity contribution in [2.45, 2.75) is 45.1 Å². The summed E-state index contributed by atoms with van der Waals surface area (Å²) >= 11 is 0. The van der Waals surface area contributed by atoms with Gasteiger partial charge in [0.15, 0.2) is 0 Å². The largest absolute Gasteiger partial charge is 0.497 e. The van der Waals surface area contributed by atoms with Crippen molar-refractivity contribution in [2.24, 2.45) is 11.8 Å². The van der Waals surface area contributed by atoms with E-state index in [1.165, 1.54) is 37.7 Å². The number of hydrogen-bond donors (Lipinski definition) is 1. The molecule has 3 atom stereocenters. The Morgan fingerprint density at radius 3 is 2.67 bits per heavy atom. The smallest absolute Gasteiger partial charge is 0.127 e. The third-order valence-corrected chi connectivity index (χ3v) is 4.96. The standard InChI is InChI=1S/C18H29NO2/c1-5-13-7-6-8-14(11-13)18(19-2)16-10-9-15(20-3)12-17(16)21-4/h9-10,12-14,18-19H,5-8,11H2,1-4H3. The summed E-state index contributed by atoms with van der Waals surface area (Å²) in [7, 11) is 5.49. The van der Waals surface area contributed by atoms with Crippen molar-refractivity contribution in [3.05, 3.63) is 23.8 Å². The summed E-state index contributed by atoms with van der Waals surface area (Å²) in [4.78, 5) is 0. The molecule has 0 spiro atoms. The van der Waals surface area contributed by atoms with Crippen molar-refractivity contribution in [3.63, 3.8) is 0 Å². The van der Waals surface area contributed by atoms with Gasteiger partial charge in [-0.3, -0.25) is 0 Å². The van der Waals surface area contributed by atoms with Gasteiger partial charge in [-0.25, -0.2) is 0 Å². The lowest BCUT2D eigenvalue weighted by Gasteiger charge is -2.35. The molecule has 3 unspecified atom stereocenters. The maximum absolute atomic E-state index is 5.59. The number of rotatable bonds is 6. The Balaban J connectivity index is 2.24. The summed E-state index contributed by atoms with van der Waals surface area (Å²) in [6.45, 7) is 2.31. The van der Waals surface area contributed by atoms with Crippen molar-refractivity contribution in [1.29, 1.82) is 0 Å². The topological polar surface area (TPSA) is 30.5 Å². The predicted octanol–water partition coefficient (Wildman–Crippen LogP) is 4.18. The van der Waals surface area contributed by atoms with Gasteiger partial charge < -0.3 is 14.8 Å². The summed E-state index contributed by atoms with van der Waals surface area (Å²) in [5, 5.41) is 3.52. The fraction of sp³-hybridized carbons (Fsp3) is 0.667. The molecular weight excluding hydrogens is 262 g/mol. The van der Waals surface area contributed by atoms with Crippen LogP contribution in [0.5, 0.6) is 11.5 Å². The number of hydrogen-bond acceptors (Lipinski definition) is 3. The highest BCUT2D eigenvalue weighted by Gasteiger charge is 2.29. The van der Waals surface area contributed by atoms with Crippen molar-refractivity contribution in [2.75, 3.05) is 21.3 Å². The van der Waals surface area contributed by atoms with Crippen molar-refractivity contribution in [1.82, 2.24) is 5.32 Å². The summed E-state index contributed by atoms with van der Waals surface area (Å²) in [6, 6.07) is 6.52. The first-order chi connectivity index (χ1) is 10.2. The van der Waals surface area contributed by atoms with Crippen LogP contribution in [0, 0.1) is 11.8 Å². The van der Waals surface area contributed by atoms with Crippen molar-refractivity contribution >= 4 is 0 Å². The van der Waals surface area contributed by atoms with Gasteiger partial charge in [0.25, 0.3) is 0 Å². The summed E-state index contributed by atoms with van der Waals surface area (Å²) in [5.74, 6) is 3.34. The molecule has 3 heteroatoms. The van der Waals surface area contributed by atoms with E-state index in [1.54, 1.807) is 14.2 Å². The third-order valence-electron chi connectivity index (χ3n) is 4.96. The van der Waals surface area contributed by atoms with Crippen LogP contribution in [0.3, 0.4) is 0 Å². The minimum atomic E-state index is 0.361. The normalized spacial score (nSPS) is 23.6. The highest BCUT2D eigenvalue weighted by atomic mass is 16.5. The second-order valence-corrected chi connectivity index (χ2v) is 6.08. The molecule has 1 saturated carbocycles. The quantitative estimate of drug-likeness (QED) is 0.853. The van der Waals surface area contributed by atoms with E-state index in [2.05, 4.69) is 25.4 Å². The van der Waals surface area contributed by atoms with Gasteiger partial charge in [0, 0.05) is 17.7 Å². The van der Waals surface area contributed by atoms with E-state index in [4.69, 9.17) is 9.47 Å². The number of benzene rings is 1. The number of nitrogens with one attached hydrogen (secondary N) is 1. The average molecular weight is 291 g/mol. The van der Waals surface area contributed by atoms with Crippen LogP contribution in [0.25, 0.3) is 0 Å². The lowest BCUT2D eigenvalue weighted by molar-refractivity contribution is 0.212. The zero-order valence-corrected chi connectivity index (χ0v) is 13.8. The Morgan fingerprint density at radius 2 is 2.05 bits per heavy atom. The van der Waals surface area contributed by atoms with Gasteiger partial charge >= 0.3 is 0 Å². The summed E-state index contributed by atoms with van der Waals surface area (Å²) < 4.78 is 10.9. The zero-order chi connectivity index (χ0) is 15.2. The lowest BCUT2D eigenvalue weighted by atomic mass is 9.75. The van der Waals surface area contributed by atoms with Gasteiger partial charge in [-0.05, 0) is 37.8 Å². The molecule has 0 radical (unpaired) electrons. The van der Waals surface area contributed by atoms with Crippen molar-refractivity contribution < 1.29 is 9.47 Å². The zero-order valence-electron chi connectivity index (χ0n) is 13.8. The van der Waals surface area contributed by atoms with E-state index in [0.29, 0.717) is 12.0 Å². The van der Waals surface area contributed by atoms with Gasteiger partial charge in [-0.15, -0.1) is 0 Å². The molecule has 1 fully saturated rings. The van der Waals surface area contributed by atoms with Crippen molar-refractivity contribution in [3.8, 4) is 11.5 Å². The first-order valence-electron chi connectivity index (χ1n) is 8.12. The molecule has 1 aromatic rings. The predicted molar refractivity (Wildman–Crippen MR) is 87.1 cm³/mol. The molecule has 1 aliphatic carbocycles. The minimum Gasteiger partial charge on any atom is -0.497 e. The molecule has 0 saturated heterocycles. The van der Waals surface area contributed by atoms with Crippen LogP contribution in [0.15, 0.2) is 18.2 Å².